The van der Waals surface area contributed by atoms with Crippen LogP contribution in [0.4, 0.5) is 5.69 Å². The Hall–Kier alpha value is -2.57. The summed E-state index contributed by atoms with van der Waals surface area (Å²) in [6, 6.07) is 9.51. The highest BCUT2D eigenvalue weighted by atomic mass is 35.5. The average molecular weight is 480 g/mol. The molecule has 1 aliphatic heterocycles. The molecule has 0 spiro atoms. The van der Waals surface area contributed by atoms with E-state index in [1.807, 2.05) is 0 Å². The summed E-state index contributed by atoms with van der Waals surface area (Å²) in [5.41, 5.74) is 0.720. The van der Waals surface area contributed by atoms with Crippen molar-refractivity contribution >= 4 is 50.7 Å². The first-order valence-corrected chi connectivity index (χ1v) is 11.6. The zero-order chi connectivity index (χ0) is 22.6. The lowest BCUT2D eigenvalue weighted by Crippen LogP contribution is -2.43. The van der Waals surface area contributed by atoms with Gasteiger partial charge < -0.3 is 10.2 Å². The largest absolute Gasteiger partial charge is 0.327 e. The number of rotatable bonds is 6. The molecule has 0 aliphatic carbocycles. The number of benzene rings is 2. The van der Waals surface area contributed by atoms with Crippen LogP contribution in [0.1, 0.15) is 23.2 Å². The van der Waals surface area contributed by atoms with Crippen LogP contribution in [-0.4, -0.2) is 44.3 Å². The molecule has 1 aliphatic rings. The topological polar surface area (TPSA) is 95.6 Å². The first-order chi connectivity index (χ1) is 14.7. The van der Waals surface area contributed by atoms with E-state index in [0.29, 0.717) is 35.1 Å². The summed E-state index contributed by atoms with van der Waals surface area (Å²) in [4.78, 5) is 27.2. The van der Waals surface area contributed by atoms with Crippen LogP contribution in [-0.2, 0) is 14.8 Å². The van der Waals surface area contributed by atoms with Crippen molar-refractivity contribution in [1.29, 1.82) is 0 Å². The zero-order valence-electron chi connectivity index (χ0n) is 16.3. The Labute approximate surface area is 190 Å². The fourth-order valence-electron chi connectivity index (χ4n) is 3.30. The van der Waals surface area contributed by atoms with E-state index in [4.69, 9.17) is 29.6 Å². The lowest BCUT2D eigenvalue weighted by Gasteiger charge is -2.24. The number of likely N-dealkylation sites (tertiary alicyclic amines) is 1. The van der Waals surface area contributed by atoms with E-state index in [9.17, 15) is 18.0 Å². The molecule has 31 heavy (non-hydrogen) atoms. The van der Waals surface area contributed by atoms with Crippen molar-refractivity contribution in [2.75, 3.05) is 18.4 Å². The number of hydrogen-bond donors (Lipinski definition) is 2. The van der Waals surface area contributed by atoms with Crippen molar-refractivity contribution < 1.29 is 18.0 Å². The van der Waals surface area contributed by atoms with Crippen molar-refractivity contribution in [3.63, 3.8) is 0 Å². The molecule has 1 unspecified atom stereocenters. The maximum Gasteiger partial charge on any atom is 0.254 e. The van der Waals surface area contributed by atoms with Gasteiger partial charge >= 0.3 is 0 Å². The number of hydrogen-bond acceptors (Lipinski definition) is 4. The van der Waals surface area contributed by atoms with Crippen molar-refractivity contribution in [2.24, 2.45) is 0 Å². The van der Waals surface area contributed by atoms with Gasteiger partial charge in [-0.05, 0) is 55.3 Å². The summed E-state index contributed by atoms with van der Waals surface area (Å²) in [6.07, 6.45) is 6.25. The van der Waals surface area contributed by atoms with Gasteiger partial charge in [-0.3, -0.25) is 9.59 Å². The molecule has 0 aromatic heterocycles. The molecule has 1 fully saturated rings. The highest BCUT2D eigenvalue weighted by Crippen LogP contribution is 2.25. The highest BCUT2D eigenvalue weighted by molar-refractivity contribution is 7.89. The molecule has 0 bridgehead atoms. The molecule has 2 aromatic rings. The van der Waals surface area contributed by atoms with Gasteiger partial charge in [-0.1, -0.05) is 29.1 Å². The second kappa shape index (κ2) is 9.71. The van der Waals surface area contributed by atoms with Crippen LogP contribution in [0.25, 0.3) is 0 Å². The Morgan fingerprint density at radius 3 is 2.39 bits per heavy atom. The Kier molecular flexibility index (Phi) is 7.23. The number of carbonyl (C=O) groups is 2. The average Bonchev–Trinajstić information content (AvgIpc) is 3.21. The molecule has 10 heteroatoms. The first-order valence-electron chi connectivity index (χ1n) is 9.32. The molecular formula is C21H19Cl2N3O4S. The fourth-order valence-corrected chi connectivity index (χ4v) is 4.76. The van der Waals surface area contributed by atoms with Crippen LogP contribution in [0, 0.1) is 12.3 Å². The summed E-state index contributed by atoms with van der Waals surface area (Å²) in [7, 11) is -3.75. The third-order valence-corrected chi connectivity index (χ3v) is 6.58. The van der Waals surface area contributed by atoms with E-state index in [1.165, 1.54) is 29.2 Å². The Bertz CT molecular complexity index is 1120. The molecule has 2 amide bonds. The fraction of sp³-hybridized carbons (Fsp3) is 0.238. The molecule has 2 N–H and O–H groups in total. The lowest BCUT2D eigenvalue weighted by atomic mass is 10.1. The normalized spacial score (nSPS) is 16.0. The van der Waals surface area contributed by atoms with Crippen molar-refractivity contribution in [3.8, 4) is 12.3 Å². The zero-order valence-corrected chi connectivity index (χ0v) is 18.6. The number of sulfonamides is 1. The molecule has 1 saturated heterocycles. The third-order valence-electron chi connectivity index (χ3n) is 4.72. The Morgan fingerprint density at radius 1 is 1.13 bits per heavy atom. The second-order valence-electron chi connectivity index (χ2n) is 6.86. The second-order valence-corrected chi connectivity index (χ2v) is 9.50. The van der Waals surface area contributed by atoms with Gasteiger partial charge in [0.05, 0.1) is 11.4 Å². The Morgan fingerprint density at radius 2 is 1.77 bits per heavy atom. The number of anilines is 1. The first kappa shape index (κ1) is 23.1. The number of nitrogens with zero attached hydrogens (tertiary/aromatic N) is 1. The van der Waals surface area contributed by atoms with E-state index >= 15 is 0 Å². The van der Waals surface area contributed by atoms with E-state index < -0.39 is 16.1 Å². The van der Waals surface area contributed by atoms with E-state index in [-0.39, 0.29) is 28.8 Å². The Balaban J connectivity index is 1.73. The quantitative estimate of drug-likeness (QED) is 0.621. The van der Waals surface area contributed by atoms with Gasteiger partial charge in [0, 0.05) is 27.8 Å². The van der Waals surface area contributed by atoms with Gasteiger partial charge in [0.2, 0.25) is 15.9 Å². The predicted molar refractivity (Wildman–Crippen MR) is 120 cm³/mol. The standard InChI is InChI=1S/C21H19Cl2N3O4S/c1-2-9-24-31(29,30)18-7-5-14(6-8-18)21(28)26-10-3-4-19(26)20(27)25-17-12-15(22)11-16(23)13-17/h1,5-8,11-13,19,24H,3-4,9-10H2,(H,25,27). The number of carbonyl (C=O) groups excluding carboxylic acids is 2. The molecule has 1 atom stereocenters. The highest BCUT2D eigenvalue weighted by Gasteiger charge is 2.34. The molecule has 0 radical (unpaired) electrons. The van der Waals surface area contributed by atoms with Gasteiger partial charge in [-0.2, -0.15) is 4.72 Å². The number of nitrogens with one attached hydrogen (secondary N) is 2. The van der Waals surface area contributed by atoms with Crippen LogP contribution >= 0.6 is 23.2 Å². The summed E-state index contributed by atoms with van der Waals surface area (Å²) >= 11 is 11.9. The van der Waals surface area contributed by atoms with Crippen LogP contribution in [0.5, 0.6) is 0 Å². The minimum absolute atomic E-state index is 0.00662. The summed E-state index contributed by atoms with van der Waals surface area (Å²) < 4.78 is 26.5. The van der Waals surface area contributed by atoms with Crippen LogP contribution < -0.4 is 10.0 Å². The number of terminal acetylenes is 1. The van der Waals surface area contributed by atoms with Gasteiger partial charge in [-0.15, -0.1) is 6.42 Å². The van der Waals surface area contributed by atoms with Gasteiger partial charge in [0.1, 0.15) is 6.04 Å². The van der Waals surface area contributed by atoms with Crippen LogP contribution in [0.2, 0.25) is 10.0 Å². The van der Waals surface area contributed by atoms with Crippen molar-refractivity contribution in [3.05, 3.63) is 58.1 Å². The summed E-state index contributed by atoms with van der Waals surface area (Å²) in [6.45, 7) is 0.280. The van der Waals surface area contributed by atoms with E-state index in [1.54, 1.807) is 18.2 Å². The van der Waals surface area contributed by atoms with Crippen molar-refractivity contribution in [1.82, 2.24) is 9.62 Å². The van der Waals surface area contributed by atoms with E-state index in [2.05, 4.69) is 16.0 Å². The van der Waals surface area contributed by atoms with E-state index in [0.717, 1.165) is 0 Å². The minimum atomic E-state index is -3.75. The summed E-state index contributed by atoms with van der Waals surface area (Å²) in [5.74, 6) is 1.49. The molecule has 162 valence electrons. The smallest absolute Gasteiger partial charge is 0.254 e. The maximum atomic E-state index is 13.0. The SMILES string of the molecule is C#CCNS(=O)(=O)c1ccc(C(=O)N2CCCC2C(=O)Nc2cc(Cl)cc(Cl)c2)cc1. The van der Waals surface area contributed by atoms with Gasteiger partial charge in [0.25, 0.3) is 5.91 Å². The molecule has 3 rings (SSSR count). The van der Waals surface area contributed by atoms with Crippen LogP contribution in [0.15, 0.2) is 47.4 Å². The molecule has 2 aromatic carbocycles. The summed E-state index contributed by atoms with van der Waals surface area (Å²) in [5, 5.41) is 3.51. The van der Waals surface area contributed by atoms with Gasteiger partial charge in [-0.25, -0.2) is 8.42 Å². The third kappa shape index (κ3) is 5.57. The lowest BCUT2D eigenvalue weighted by molar-refractivity contribution is -0.119. The molecule has 7 nitrogen and oxygen atoms in total. The maximum absolute atomic E-state index is 13.0. The van der Waals surface area contributed by atoms with Crippen LogP contribution in [0.3, 0.4) is 0 Å². The molecule has 0 saturated carbocycles. The molecular weight excluding hydrogens is 461 g/mol. The van der Waals surface area contributed by atoms with Crippen molar-refractivity contribution in [2.45, 2.75) is 23.8 Å². The monoisotopic (exact) mass is 479 g/mol. The number of amides is 2. The predicted octanol–water partition coefficient (Wildman–Crippen LogP) is 3.15. The number of halogens is 2. The molecule has 1 heterocycles. The van der Waals surface area contributed by atoms with Gasteiger partial charge in [0.15, 0.2) is 0 Å². The minimum Gasteiger partial charge on any atom is -0.327 e.